The molecule has 0 spiro atoms. The summed E-state index contributed by atoms with van der Waals surface area (Å²) >= 11 is 1.41. The third-order valence-electron chi connectivity index (χ3n) is 4.00. The number of rotatable bonds is 6. The first-order valence-corrected chi connectivity index (χ1v) is 9.52. The molecule has 0 saturated carbocycles. The average Bonchev–Trinajstić information content (AvgIpc) is 3.20. The fraction of sp³-hybridized carbons (Fsp3) is 0.0952. The Labute approximate surface area is 164 Å². The van der Waals surface area contributed by atoms with Crippen LogP contribution in [0.3, 0.4) is 0 Å². The van der Waals surface area contributed by atoms with Gasteiger partial charge in [-0.05, 0) is 47.2 Å². The van der Waals surface area contributed by atoms with E-state index >= 15 is 0 Å². The molecule has 4 aromatic rings. The number of halogens is 1. The second-order valence-corrected chi connectivity index (χ2v) is 7.03. The Morgan fingerprint density at radius 2 is 1.82 bits per heavy atom. The van der Waals surface area contributed by atoms with Gasteiger partial charge in [0.05, 0.1) is 5.75 Å². The molecule has 3 aromatic carbocycles. The van der Waals surface area contributed by atoms with Crippen molar-refractivity contribution in [1.82, 2.24) is 10.1 Å². The molecule has 0 saturated heterocycles. The molecule has 0 aliphatic carbocycles. The largest absolute Gasteiger partial charge is 0.455 e. The van der Waals surface area contributed by atoms with Gasteiger partial charge in [-0.3, -0.25) is 4.79 Å². The zero-order chi connectivity index (χ0) is 19.3. The van der Waals surface area contributed by atoms with E-state index in [1.165, 1.54) is 23.9 Å². The molecule has 4 rings (SSSR count). The Morgan fingerprint density at radius 3 is 2.64 bits per heavy atom. The third kappa shape index (κ3) is 4.37. The van der Waals surface area contributed by atoms with Gasteiger partial charge in [0.1, 0.15) is 5.82 Å². The van der Waals surface area contributed by atoms with Crippen LogP contribution < -0.4 is 0 Å². The number of hydrogen-bond acceptors (Lipinski definition) is 6. The van der Waals surface area contributed by atoms with Gasteiger partial charge < -0.3 is 9.26 Å². The summed E-state index contributed by atoms with van der Waals surface area (Å²) in [4.78, 5) is 17.1. The number of nitrogens with zero attached hydrogens (tertiary/aromatic N) is 2. The van der Waals surface area contributed by atoms with Gasteiger partial charge in [0, 0.05) is 10.5 Å². The van der Waals surface area contributed by atoms with Gasteiger partial charge >= 0.3 is 5.97 Å². The van der Waals surface area contributed by atoms with Crippen LogP contribution in [-0.4, -0.2) is 21.9 Å². The molecule has 0 aliphatic rings. The molecule has 0 aliphatic heterocycles. The lowest BCUT2D eigenvalue weighted by atomic mass is 10.1. The van der Waals surface area contributed by atoms with Gasteiger partial charge in [-0.25, -0.2) is 4.39 Å². The van der Waals surface area contributed by atoms with Crippen molar-refractivity contribution in [2.75, 3.05) is 5.75 Å². The highest BCUT2D eigenvalue weighted by molar-refractivity contribution is 8.00. The summed E-state index contributed by atoms with van der Waals surface area (Å²) in [7, 11) is 0. The van der Waals surface area contributed by atoms with Crippen LogP contribution in [0.25, 0.3) is 22.2 Å². The molecule has 0 radical (unpaired) electrons. The number of ether oxygens (including phenoxy) is 1. The molecular formula is C21H15FN2O3S. The normalized spacial score (nSPS) is 10.9. The van der Waals surface area contributed by atoms with Crippen molar-refractivity contribution in [1.29, 1.82) is 0 Å². The summed E-state index contributed by atoms with van der Waals surface area (Å²) in [5.41, 5.74) is 0.620. The average molecular weight is 394 g/mol. The number of thioether (sulfide) groups is 1. The fourth-order valence-corrected chi connectivity index (χ4v) is 3.36. The highest BCUT2D eigenvalue weighted by atomic mass is 32.2. The van der Waals surface area contributed by atoms with Crippen LogP contribution >= 0.6 is 11.8 Å². The molecule has 0 unspecified atom stereocenters. The zero-order valence-electron chi connectivity index (χ0n) is 14.7. The maximum absolute atomic E-state index is 13.0. The van der Waals surface area contributed by atoms with Crippen LogP contribution in [0.1, 0.15) is 5.89 Å². The van der Waals surface area contributed by atoms with Gasteiger partial charge in [-0.15, -0.1) is 11.8 Å². The van der Waals surface area contributed by atoms with E-state index < -0.39 is 0 Å². The maximum atomic E-state index is 13.0. The van der Waals surface area contributed by atoms with E-state index in [1.54, 1.807) is 12.1 Å². The lowest BCUT2D eigenvalue weighted by Crippen LogP contribution is -2.07. The van der Waals surface area contributed by atoms with Crippen molar-refractivity contribution in [2.24, 2.45) is 0 Å². The SMILES string of the molecule is O=C(CSc1ccc2ccccc2c1)OCc1nc(-c2ccc(F)cc2)no1. The second-order valence-electron chi connectivity index (χ2n) is 5.98. The standard InChI is InChI=1S/C21H15FN2O3S/c22-17-8-5-15(6-9-17)21-23-19(27-24-21)12-26-20(25)13-28-18-10-7-14-3-1-2-4-16(14)11-18/h1-11H,12-13H2. The van der Waals surface area contributed by atoms with Gasteiger partial charge in [0.2, 0.25) is 5.82 Å². The zero-order valence-corrected chi connectivity index (χ0v) is 15.5. The first-order chi connectivity index (χ1) is 13.7. The quantitative estimate of drug-likeness (QED) is 0.344. The van der Waals surface area contributed by atoms with Crippen LogP contribution in [-0.2, 0) is 16.1 Å². The number of benzene rings is 3. The number of aromatic nitrogens is 2. The predicted octanol–water partition coefficient (Wildman–Crippen LogP) is 4.86. The van der Waals surface area contributed by atoms with Crippen molar-refractivity contribution >= 4 is 28.5 Å². The summed E-state index contributed by atoms with van der Waals surface area (Å²) in [6.07, 6.45) is 0. The van der Waals surface area contributed by atoms with Gasteiger partial charge in [-0.2, -0.15) is 4.98 Å². The van der Waals surface area contributed by atoms with Crippen molar-refractivity contribution in [3.05, 3.63) is 78.4 Å². The molecule has 0 fully saturated rings. The summed E-state index contributed by atoms with van der Waals surface area (Å²) in [6.45, 7) is -0.106. The van der Waals surface area contributed by atoms with Crippen molar-refractivity contribution in [2.45, 2.75) is 11.5 Å². The van der Waals surface area contributed by atoms with Crippen molar-refractivity contribution in [3.8, 4) is 11.4 Å². The first kappa shape index (κ1) is 18.2. The Bertz CT molecular complexity index is 1110. The molecule has 0 bridgehead atoms. The topological polar surface area (TPSA) is 65.2 Å². The molecule has 140 valence electrons. The Hall–Kier alpha value is -3.19. The number of esters is 1. The van der Waals surface area contributed by atoms with Crippen LogP contribution in [0.5, 0.6) is 0 Å². The molecule has 7 heteroatoms. The van der Waals surface area contributed by atoms with E-state index in [2.05, 4.69) is 10.1 Å². The van der Waals surface area contributed by atoms with Crippen LogP contribution in [0.2, 0.25) is 0 Å². The number of hydrogen-bond donors (Lipinski definition) is 0. The fourth-order valence-electron chi connectivity index (χ4n) is 2.61. The highest BCUT2D eigenvalue weighted by Gasteiger charge is 2.12. The number of fused-ring (bicyclic) bond motifs is 1. The Morgan fingerprint density at radius 1 is 1.04 bits per heavy atom. The van der Waals surface area contributed by atoms with E-state index in [0.29, 0.717) is 11.4 Å². The number of carbonyl (C=O) groups is 1. The Balaban J connectivity index is 1.30. The summed E-state index contributed by atoms with van der Waals surface area (Å²) in [6, 6.07) is 19.8. The second kappa shape index (κ2) is 8.22. The molecule has 0 amide bonds. The summed E-state index contributed by atoms with van der Waals surface area (Å²) in [5.74, 6) is -0.0397. The molecule has 0 atom stereocenters. The van der Waals surface area contributed by atoms with Crippen molar-refractivity contribution < 1.29 is 18.4 Å². The molecular weight excluding hydrogens is 379 g/mol. The lowest BCUT2D eigenvalue weighted by Gasteiger charge is -2.04. The van der Waals surface area contributed by atoms with Crippen LogP contribution in [0, 0.1) is 5.82 Å². The maximum Gasteiger partial charge on any atom is 0.316 e. The summed E-state index contributed by atoms with van der Waals surface area (Å²) in [5, 5.41) is 6.09. The molecule has 5 nitrogen and oxygen atoms in total. The molecule has 28 heavy (non-hydrogen) atoms. The van der Waals surface area contributed by atoms with Crippen LogP contribution in [0.4, 0.5) is 4.39 Å². The van der Waals surface area contributed by atoms with Crippen molar-refractivity contribution in [3.63, 3.8) is 0 Å². The molecule has 1 aromatic heterocycles. The summed E-state index contributed by atoms with van der Waals surface area (Å²) < 4.78 is 23.2. The third-order valence-corrected chi connectivity index (χ3v) is 4.97. The molecule has 0 N–H and O–H groups in total. The Kier molecular flexibility index (Phi) is 5.34. The minimum Gasteiger partial charge on any atom is -0.455 e. The van der Waals surface area contributed by atoms with Gasteiger partial charge in [0.25, 0.3) is 5.89 Å². The van der Waals surface area contributed by atoms with E-state index in [9.17, 15) is 9.18 Å². The van der Waals surface area contributed by atoms with E-state index in [0.717, 1.165) is 15.7 Å². The first-order valence-electron chi connectivity index (χ1n) is 8.53. The van der Waals surface area contributed by atoms with E-state index in [1.807, 2.05) is 42.5 Å². The molecule has 1 heterocycles. The van der Waals surface area contributed by atoms with Gasteiger partial charge in [-0.1, -0.05) is 35.5 Å². The minimum atomic E-state index is -0.375. The van der Waals surface area contributed by atoms with E-state index in [-0.39, 0.29) is 30.0 Å². The minimum absolute atomic E-state index is 0.106. The lowest BCUT2D eigenvalue weighted by molar-refractivity contribution is -0.142. The smallest absolute Gasteiger partial charge is 0.316 e. The van der Waals surface area contributed by atoms with Crippen LogP contribution in [0.15, 0.2) is 76.1 Å². The number of carbonyl (C=O) groups excluding carboxylic acids is 1. The monoisotopic (exact) mass is 394 g/mol. The van der Waals surface area contributed by atoms with E-state index in [4.69, 9.17) is 9.26 Å². The highest BCUT2D eigenvalue weighted by Crippen LogP contribution is 2.24. The van der Waals surface area contributed by atoms with Gasteiger partial charge in [0.15, 0.2) is 6.61 Å². The predicted molar refractivity (Wildman–Crippen MR) is 104 cm³/mol.